The maximum absolute atomic E-state index is 12.7. The van der Waals surface area contributed by atoms with Crippen molar-refractivity contribution in [3.05, 3.63) is 87.8 Å². The van der Waals surface area contributed by atoms with Crippen LogP contribution >= 0.6 is 43.6 Å². The van der Waals surface area contributed by atoms with Crippen LogP contribution in [0.5, 0.6) is 0 Å². The molecule has 0 aliphatic rings. The van der Waals surface area contributed by atoms with Gasteiger partial charge in [-0.2, -0.15) is 0 Å². The van der Waals surface area contributed by atoms with Crippen molar-refractivity contribution < 1.29 is 4.79 Å². The highest BCUT2D eigenvalue weighted by Crippen LogP contribution is 2.28. The second kappa shape index (κ2) is 9.46. The van der Waals surface area contributed by atoms with E-state index < -0.39 is 0 Å². The van der Waals surface area contributed by atoms with Crippen molar-refractivity contribution in [2.24, 2.45) is 0 Å². The van der Waals surface area contributed by atoms with Crippen molar-refractivity contribution in [1.29, 1.82) is 0 Å². The van der Waals surface area contributed by atoms with Gasteiger partial charge < -0.3 is 4.98 Å². The third kappa shape index (κ3) is 5.16. The molecule has 6 nitrogen and oxygen atoms in total. The van der Waals surface area contributed by atoms with E-state index in [2.05, 4.69) is 57.1 Å². The molecule has 5 rings (SSSR count). The van der Waals surface area contributed by atoms with Crippen LogP contribution in [-0.2, 0) is 0 Å². The van der Waals surface area contributed by atoms with Crippen LogP contribution in [0.1, 0.15) is 0 Å². The first-order chi connectivity index (χ1) is 16.0. The number of aromatic nitrogens is 4. The summed E-state index contributed by atoms with van der Waals surface area (Å²) in [5.74, 6) is 0.224. The summed E-state index contributed by atoms with van der Waals surface area (Å²) in [5, 5.41) is 2.98. The van der Waals surface area contributed by atoms with Crippen LogP contribution in [-0.4, -0.2) is 25.2 Å². The Morgan fingerprint density at radius 3 is 1.94 bits per heavy atom. The summed E-state index contributed by atoms with van der Waals surface area (Å²) >= 11 is 7.89. The minimum absolute atomic E-state index is 0.224. The number of benzene rings is 3. The zero-order valence-corrected chi connectivity index (χ0v) is 20.9. The zero-order chi connectivity index (χ0) is 22.8. The largest absolute Gasteiger partial charge is 0.332 e. The van der Waals surface area contributed by atoms with E-state index in [1.165, 1.54) is 0 Å². The summed E-state index contributed by atoms with van der Waals surface area (Å²) in [6.45, 7) is 0. The van der Waals surface area contributed by atoms with Gasteiger partial charge in [0.2, 0.25) is 5.95 Å². The maximum Gasteiger partial charge on any atom is 0.293 e. The Hall–Kier alpha value is -3.01. The molecule has 2 aromatic heterocycles. The molecule has 0 radical (unpaired) electrons. The predicted molar refractivity (Wildman–Crippen MR) is 139 cm³/mol. The number of anilines is 1. The summed E-state index contributed by atoms with van der Waals surface area (Å²) < 4.78 is 1.95. The molecular formula is C24H15Br2N5OS. The molecule has 9 heteroatoms. The van der Waals surface area contributed by atoms with E-state index in [9.17, 15) is 4.79 Å². The van der Waals surface area contributed by atoms with Crippen LogP contribution in [0.2, 0.25) is 0 Å². The Balaban J connectivity index is 1.46. The van der Waals surface area contributed by atoms with E-state index in [1.54, 1.807) is 0 Å². The average molecular weight is 581 g/mol. The van der Waals surface area contributed by atoms with Gasteiger partial charge in [-0.05, 0) is 42.5 Å². The number of H-pyrrole nitrogens is 1. The van der Waals surface area contributed by atoms with E-state index in [4.69, 9.17) is 0 Å². The number of para-hydroxylation sites is 2. The van der Waals surface area contributed by atoms with Gasteiger partial charge in [-0.1, -0.05) is 68.3 Å². The second-order valence-electron chi connectivity index (χ2n) is 7.05. The highest BCUT2D eigenvalue weighted by atomic mass is 79.9. The lowest BCUT2D eigenvalue weighted by atomic mass is 10.1. The van der Waals surface area contributed by atoms with Crippen LogP contribution in [0.3, 0.4) is 0 Å². The number of rotatable bonds is 4. The molecule has 33 heavy (non-hydrogen) atoms. The number of fused-ring (bicyclic) bond motifs is 1. The Labute approximate surface area is 210 Å². The Bertz CT molecular complexity index is 1360. The molecule has 2 N–H and O–H groups in total. The normalized spacial score (nSPS) is 11.0. The van der Waals surface area contributed by atoms with Crippen LogP contribution in [0.25, 0.3) is 33.5 Å². The molecule has 5 aromatic rings. The third-order valence-electron chi connectivity index (χ3n) is 4.78. The molecule has 0 atom stereocenters. The van der Waals surface area contributed by atoms with Crippen molar-refractivity contribution in [2.45, 2.75) is 5.16 Å². The van der Waals surface area contributed by atoms with E-state index in [0.717, 1.165) is 42.9 Å². The Morgan fingerprint density at radius 1 is 0.788 bits per heavy atom. The molecular weight excluding hydrogens is 566 g/mol. The van der Waals surface area contributed by atoms with Crippen LogP contribution < -0.4 is 5.32 Å². The average Bonchev–Trinajstić information content (AvgIpc) is 3.22. The van der Waals surface area contributed by atoms with Crippen molar-refractivity contribution >= 4 is 65.8 Å². The molecule has 0 saturated heterocycles. The number of amides is 1. The number of imidazole rings is 1. The predicted octanol–water partition coefficient (Wildman–Crippen LogP) is 7.54. The summed E-state index contributed by atoms with van der Waals surface area (Å²) in [4.78, 5) is 29.5. The second-order valence-corrected chi connectivity index (χ2v) is 9.84. The fourth-order valence-corrected chi connectivity index (χ4v) is 4.37. The van der Waals surface area contributed by atoms with E-state index in [0.29, 0.717) is 16.5 Å². The van der Waals surface area contributed by atoms with Crippen LogP contribution in [0.15, 0.2) is 93.0 Å². The van der Waals surface area contributed by atoms with Gasteiger partial charge in [0.05, 0.1) is 22.4 Å². The lowest BCUT2D eigenvalue weighted by molar-refractivity contribution is 0.269. The van der Waals surface area contributed by atoms with Gasteiger partial charge in [-0.3, -0.25) is 10.1 Å². The Morgan fingerprint density at radius 2 is 1.36 bits per heavy atom. The summed E-state index contributed by atoms with van der Waals surface area (Å²) in [7, 11) is 0. The van der Waals surface area contributed by atoms with Crippen molar-refractivity contribution in [1.82, 2.24) is 19.9 Å². The van der Waals surface area contributed by atoms with E-state index >= 15 is 0 Å². The van der Waals surface area contributed by atoms with Gasteiger partial charge in [0.1, 0.15) is 0 Å². The van der Waals surface area contributed by atoms with Crippen LogP contribution in [0.4, 0.5) is 10.7 Å². The first-order valence-corrected chi connectivity index (χ1v) is 12.3. The molecule has 162 valence electrons. The van der Waals surface area contributed by atoms with E-state index in [-0.39, 0.29) is 11.2 Å². The summed E-state index contributed by atoms with van der Waals surface area (Å²) in [6.07, 6.45) is 0. The van der Waals surface area contributed by atoms with Gasteiger partial charge >= 0.3 is 0 Å². The highest BCUT2D eigenvalue weighted by molar-refractivity contribution is 9.10. The number of nitrogens with one attached hydrogen (secondary N) is 2. The Kier molecular flexibility index (Phi) is 6.26. The smallest absolute Gasteiger partial charge is 0.293 e. The fourth-order valence-electron chi connectivity index (χ4n) is 3.22. The lowest BCUT2D eigenvalue weighted by Gasteiger charge is -2.09. The third-order valence-corrected chi connectivity index (χ3v) is 6.51. The molecule has 0 unspecified atom stereocenters. The number of carbonyl (C=O) groups excluding carboxylic acids is 1. The van der Waals surface area contributed by atoms with Crippen molar-refractivity contribution in [3.63, 3.8) is 0 Å². The standard InChI is InChI=1S/C24H15Br2N5OS/c25-16-9-5-14(6-10-16)20-13-21(15-7-11-17(26)12-8-15)28-22(27-20)31-24(32)33-23-29-18-3-1-2-4-19(18)30-23/h1-13H,(H,29,30)(H,27,28,31,32). The molecule has 0 bridgehead atoms. The topological polar surface area (TPSA) is 83.6 Å². The molecule has 1 amide bonds. The first-order valence-electron chi connectivity index (χ1n) is 9.88. The van der Waals surface area contributed by atoms with Gasteiger partial charge in [-0.25, -0.2) is 15.0 Å². The van der Waals surface area contributed by atoms with E-state index in [1.807, 2.05) is 78.9 Å². The molecule has 0 aliphatic carbocycles. The van der Waals surface area contributed by atoms with Gasteiger partial charge in [0, 0.05) is 31.8 Å². The van der Waals surface area contributed by atoms with Crippen molar-refractivity contribution in [2.75, 3.05) is 5.32 Å². The number of nitrogens with zero attached hydrogens (tertiary/aromatic N) is 3. The number of hydrogen-bond donors (Lipinski definition) is 2. The highest BCUT2D eigenvalue weighted by Gasteiger charge is 2.14. The number of thioether (sulfide) groups is 1. The number of hydrogen-bond acceptors (Lipinski definition) is 5. The molecule has 0 saturated carbocycles. The summed E-state index contributed by atoms with van der Waals surface area (Å²) in [5.41, 5.74) is 4.93. The minimum Gasteiger partial charge on any atom is -0.332 e. The quantitative estimate of drug-likeness (QED) is 0.215. The number of aromatic amines is 1. The maximum atomic E-state index is 12.7. The molecule has 0 aliphatic heterocycles. The lowest BCUT2D eigenvalue weighted by Crippen LogP contribution is -2.09. The fraction of sp³-hybridized carbons (Fsp3) is 0. The zero-order valence-electron chi connectivity index (χ0n) is 16.9. The van der Waals surface area contributed by atoms with Gasteiger partial charge in [-0.15, -0.1) is 0 Å². The monoisotopic (exact) mass is 579 g/mol. The first kappa shape index (κ1) is 21.8. The van der Waals surface area contributed by atoms with Crippen LogP contribution in [0, 0.1) is 0 Å². The van der Waals surface area contributed by atoms with Crippen molar-refractivity contribution in [3.8, 4) is 22.5 Å². The molecule has 0 fully saturated rings. The summed E-state index contributed by atoms with van der Waals surface area (Å²) in [6, 6.07) is 25.2. The molecule has 3 aromatic carbocycles. The number of carbonyl (C=O) groups is 1. The minimum atomic E-state index is -0.330. The molecule has 2 heterocycles. The number of halogens is 2. The van der Waals surface area contributed by atoms with Gasteiger partial charge in [0.25, 0.3) is 5.24 Å². The molecule has 0 spiro atoms. The SMILES string of the molecule is O=C(Nc1nc(-c2ccc(Br)cc2)cc(-c2ccc(Br)cc2)n1)Sc1nc2ccccc2[nH]1. The van der Waals surface area contributed by atoms with Gasteiger partial charge in [0.15, 0.2) is 5.16 Å².